The minimum absolute atomic E-state index is 1.02. The van der Waals surface area contributed by atoms with Gasteiger partial charge in [0, 0.05) is 24.2 Å². The Kier molecular flexibility index (Phi) is 4.47. The summed E-state index contributed by atoms with van der Waals surface area (Å²) in [5, 5.41) is 3.27. The van der Waals surface area contributed by atoms with Crippen molar-refractivity contribution >= 4 is 44.1 Å². The SMILES string of the molecule is C(=C1CCN(c2nc3ccc(-c4cccs4)cc3s2)CC1)c1ccccn1. The zero-order valence-electron chi connectivity index (χ0n) is 14.8. The number of hydrogen-bond donors (Lipinski definition) is 0. The van der Waals surface area contributed by atoms with Crippen molar-refractivity contribution < 1.29 is 0 Å². The third-order valence-electron chi connectivity index (χ3n) is 4.90. The highest BCUT2D eigenvalue weighted by Gasteiger charge is 2.18. The molecule has 1 fully saturated rings. The van der Waals surface area contributed by atoms with Gasteiger partial charge >= 0.3 is 0 Å². The van der Waals surface area contributed by atoms with E-state index in [-0.39, 0.29) is 0 Å². The van der Waals surface area contributed by atoms with Crippen LogP contribution in [-0.4, -0.2) is 23.1 Å². The van der Waals surface area contributed by atoms with Gasteiger partial charge in [0.05, 0.1) is 15.9 Å². The van der Waals surface area contributed by atoms with E-state index < -0.39 is 0 Å². The number of thiazole rings is 1. The largest absolute Gasteiger partial charge is 0.347 e. The van der Waals surface area contributed by atoms with Gasteiger partial charge in [-0.05, 0) is 60.2 Å². The summed E-state index contributed by atoms with van der Waals surface area (Å²) < 4.78 is 1.27. The van der Waals surface area contributed by atoms with Crippen molar-refractivity contribution in [3.05, 3.63) is 71.4 Å². The van der Waals surface area contributed by atoms with Crippen LogP contribution in [0.25, 0.3) is 26.7 Å². The van der Waals surface area contributed by atoms with E-state index in [0.29, 0.717) is 0 Å². The summed E-state index contributed by atoms with van der Waals surface area (Å²) in [5.41, 5.74) is 4.92. The van der Waals surface area contributed by atoms with E-state index in [2.05, 4.69) is 57.7 Å². The van der Waals surface area contributed by atoms with Crippen LogP contribution in [0.1, 0.15) is 18.5 Å². The Balaban J connectivity index is 1.34. The van der Waals surface area contributed by atoms with Crippen molar-refractivity contribution in [3.63, 3.8) is 0 Å². The number of hydrogen-bond acceptors (Lipinski definition) is 5. The summed E-state index contributed by atoms with van der Waals surface area (Å²) in [6.45, 7) is 2.05. The molecule has 3 aromatic heterocycles. The molecule has 4 heterocycles. The van der Waals surface area contributed by atoms with Crippen LogP contribution in [0.4, 0.5) is 5.13 Å². The molecular formula is C22H19N3S2. The van der Waals surface area contributed by atoms with E-state index >= 15 is 0 Å². The first kappa shape index (κ1) is 16.7. The Hall–Kier alpha value is -2.50. The molecule has 1 aliphatic heterocycles. The number of thiophene rings is 1. The molecule has 0 N–H and O–H groups in total. The fraction of sp³-hybridized carbons (Fsp3) is 0.182. The van der Waals surface area contributed by atoms with Crippen LogP contribution in [0.5, 0.6) is 0 Å². The van der Waals surface area contributed by atoms with E-state index in [1.54, 1.807) is 11.3 Å². The van der Waals surface area contributed by atoms with Gasteiger partial charge in [0.15, 0.2) is 5.13 Å². The molecule has 27 heavy (non-hydrogen) atoms. The highest BCUT2D eigenvalue weighted by molar-refractivity contribution is 7.22. The van der Waals surface area contributed by atoms with E-state index in [1.807, 2.05) is 29.7 Å². The number of aromatic nitrogens is 2. The molecule has 134 valence electrons. The summed E-state index contributed by atoms with van der Waals surface area (Å²) in [7, 11) is 0. The van der Waals surface area contributed by atoms with Gasteiger partial charge in [-0.2, -0.15) is 0 Å². The van der Waals surface area contributed by atoms with Crippen LogP contribution in [0.2, 0.25) is 0 Å². The highest BCUT2D eigenvalue weighted by Crippen LogP contribution is 2.35. The number of fused-ring (bicyclic) bond motifs is 1. The van der Waals surface area contributed by atoms with Crippen molar-refractivity contribution in [2.75, 3.05) is 18.0 Å². The number of pyridine rings is 1. The topological polar surface area (TPSA) is 29.0 Å². The normalized spacial score (nSPS) is 14.7. The van der Waals surface area contributed by atoms with E-state index in [0.717, 1.165) is 42.3 Å². The summed E-state index contributed by atoms with van der Waals surface area (Å²) in [5.74, 6) is 0. The second kappa shape index (κ2) is 7.25. The lowest BCUT2D eigenvalue weighted by Gasteiger charge is -2.27. The number of nitrogens with zero attached hydrogens (tertiary/aromatic N) is 3. The van der Waals surface area contributed by atoms with E-state index in [4.69, 9.17) is 4.98 Å². The predicted octanol–water partition coefficient (Wildman–Crippen LogP) is 6.10. The van der Waals surface area contributed by atoms with Crippen molar-refractivity contribution in [2.24, 2.45) is 0 Å². The number of benzene rings is 1. The molecule has 3 nitrogen and oxygen atoms in total. The predicted molar refractivity (Wildman–Crippen MR) is 117 cm³/mol. The van der Waals surface area contributed by atoms with Crippen LogP contribution in [0, 0.1) is 0 Å². The Morgan fingerprint density at radius 2 is 1.93 bits per heavy atom. The van der Waals surface area contributed by atoms with Gasteiger partial charge in [-0.1, -0.05) is 35.1 Å². The molecule has 1 saturated heterocycles. The second-order valence-corrected chi connectivity index (χ2v) is 8.66. The van der Waals surface area contributed by atoms with Crippen LogP contribution >= 0.6 is 22.7 Å². The van der Waals surface area contributed by atoms with Crippen molar-refractivity contribution in [1.29, 1.82) is 0 Å². The van der Waals surface area contributed by atoms with Gasteiger partial charge in [0.1, 0.15) is 0 Å². The maximum atomic E-state index is 4.88. The van der Waals surface area contributed by atoms with Crippen molar-refractivity contribution in [2.45, 2.75) is 12.8 Å². The standard InChI is InChI=1S/C22H19N3S2/c1-2-10-23-18(4-1)14-16-8-11-25(12-9-16)22-24-19-7-6-17(15-21(19)27-22)20-5-3-13-26-20/h1-7,10,13-15H,8-9,11-12H2. The molecule has 1 aromatic carbocycles. The summed E-state index contributed by atoms with van der Waals surface area (Å²) >= 11 is 3.59. The Morgan fingerprint density at radius 1 is 1.00 bits per heavy atom. The average Bonchev–Trinajstić information content (AvgIpc) is 3.39. The Labute approximate surface area is 166 Å². The molecule has 0 bridgehead atoms. The smallest absolute Gasteiger partial charge is 0.186 e. The zero-order valence-corrected chi connectivity index (χ0v) is 16.5. The summed E-state index contributed by atoms with van der Waals surface area (Å²) in [4.78, 5) is 13.0. The average molecular weight is 390 g/mol. The number of anilines is 1. The summed E-state index contributed by atoms with van der Waals surface area (Å²) in [6.07, 6.45) is 6.25. The molecule has 0 radical (unpaired) electrons. The molecular weight excluding hydrogens is 370 g/mol. The lowest BCUT2D eigenvalue weighted by Crippen LogP contribution is -2.30. The molecule has 1 aliphatic rings. The fourth-order valence-electron chi connectivity index (χ4n) is 3.44. The maximum Gasteiger partial charge on any atom is 0.186 e. The highest BCUT2D eigenvalue weighted by atomic mass is 32.1. The van der Waals surface area contributed by atoms with Gasteiger partial charge in [-0.3, -0.25) is 4.98 Å². The minimum atomic E-state index is 1.02. The zero-order chi connectivity index (χ0) is 18.1. The molecule has 5 heteroatoms. The Morgan fingerprint density at radius 3 is 2.70 bits per heavy atom. The fourth-order valence-corrected chi connectivity index (χ4v) is 5.22. The third-order valence-corrected chi connectivity index (χ3v) is 6.90. The minimum Gasteiger partial charge on any atom is -0.347 e. The third kappa shape index (κ3) is 3.53. The van der Waals surface area contributed by atoms with Crippen molar-refractivity contribution in [1.82, 2.24) is 9.97 Å². The molecule has 0 amide bonds. The van der Waals surface area contributed by atoms with Gasteiger partial charge in [-0.15, -0.1) is 11.3 Å². The molecule has 0 unspecified atom stereocenters. The van der Waals surface area contributed by atoms with Gasteiger partial charge in [0.25, 0.3) is 0 Å². The first-order valence-corrected chi connectivity index (χ1v) is 10.8. The van der Waals surface area contributed by atoms with Crippen LogP contribution in [0.15, 0.2) is 65.7 Å². The monoisotopic (exact) mass is 389 g/mol. The van der Waals surface area contributed by atoms with Crippen LogP contribution < -0.4 is 4.90 Å². The van der Waals surface area contributed by atoms with Crippen molar-refractivity contribution in [3.8, 4) is 10.4 Å². The van der Waals surface area contributed by atoms with E-state index in [9.17, 15) is 0 Å². The lowest BCUT2D eigenvalue weighted by atomic mass is 10.0. The van der Waals surface area contributed by atoms with E-state index in [1.165, 1.54) is 20.7 Å². The first-order valence-electron chi connectivity index (χ1n) is 9.15. The molecule has 0 aliphatic carbocycles. The molecule has 0 saturated carbocycles. The number of rotatable bonds is 3. The molecule has 5 rings (SSSR count). The molecule has 0 atom stereocenters. The van der Waals surface area contributed by atoms with Crippen LogP contribution in [0.3, 0.4) is 0 Å². The maximum absolute atomic E-state index is 4.88. The Bertz CT molecular complexity index is 1070. The van der Waals surface area contributed by atoms with Gasteiger partial charge in [-0.25, -0.2) is 4.98 Å². The second-order valence-electron chi connectivity index (χ2n) is 6.70. The van der Waals surface area contributed by atoms with Gasteiger partial charge in [0.2, 0.25) is 0 Å². The van der Waals surface area contributed by atoms with Gasteiger partial charge < -0.3 is 4.90 Å². The molecule has 0 spiro atoms. The van der Waals surface area contributed by atoms with Crippen LogP contribution in [-0.2, 0) is 0 Å². The quantitative estimate of drug-likeness (QED) is 0.424. The number of piperidine rings is 1. The first-order chi connectivity index (χ1) is 13.3. The lowest BCUT2D eigenvalue weighted by molar-refractivity contribution is 0.687. The molecule has 4 aromatic rings. The summed E-state index contributed by atoms with van der Waals surface area (Å²) in [6, 6.07) is 17.0.